The third kappa shape index (κ3) is 3.42. The number of methoxy groups -OCH3 is 1. The molecule has 5 heteroatoms. The molecule has 0 amide bonds. The van der Waals surface area contributed by atoms with E-state index in [1.807, 2.05) is 29.7 Å². The van der Waals surface area contributed by atoms with Gasteiger partial charge in [0, 0.05) is 13.0 Å². The first kappa shape index (κ1) is 15.1. The van der Waals surface area contributed by atoms with Gasteiger partial charge in [0.05, 0.1) is 7.11 Å². The van der Waals surface area contributed by atoms with E-state index in [2.05, 4.69) is 17.1 Å². The van der Waals surface area contributed by atoms with E-state index in [0.717, 1.165) is 31.6 Å². The van der Waals surface area contributed by atoms with Crippen LogP contribution >= 0.6 is 0 Å². The largest absolute Gasteiger partial charge is 0.464 e. The number of carbonyl (C=O) groups excluding carboxylic acids is 1. The smallest absolute Gasteiger partial charge is 0.360 e. The third-order valence-electron chi connectivity index (χ3n) is 3.47. The van der Waals surface area contributed by atoms with Crippen LogP contribution in [0.3, 0.4) is 0 Å². The van der Waals surface area contributed by atoms with E-state index in [1.54, 1.807) is 0 Å². The molecule has 2 N–H and O–H groups in total. The van der Waals surface area contributed by atoms with Crippen LogP contribution < -0.4 is 5.73 Å². The highest BCUT2D eigenvalue weighted by atomic mass is 16.5. The SMILES string of the molecule is CCc1nc(C(=O)OC)c(N)n1CCCc1ccccc1. The second-order valence-electron chi connectivity index (χ2n) is 4.85. The van der Waals surface area contributed by atoms with Crippen molar-refractivity contribution >= 4 is 11.8 Å². The number of nitrogens with zero attached hydrogens (tertiary/aromatic N) is 2. The van der Waals surface area contributed by atoms with E-state index in [-0.39, 0.29) is 5.69 Å². The zero-order chi connectivity index (χ0) is 15.2. The van der Waals surface area contributed by atoms with Crippen LogP contribution in [0.25, 0.3) is 0 Å². The lowest BCUT2D eigenvalue weighted by molar-refractivity contribution is 0.0595. The lowest BCUT2D eigenvalue weighted by atomic mass is 10.1. The molecule has 0 aliphatic heterocycles. The number of nitrogens with two attached hydrogens (primary N) is 1. The Morgan fingerprint density at radius 3 is 2.67 bits per heavy atom. The highest BCUT2D eigenvalue weighted by Gasteiger charge is 2.19. The Morgan fingerprint density at radius 1 is 1.33 bits per heavy atom. The van der Waals surface area contributed by atoms with Crippen LogP contribution in [0, 0.1) is 0 Å². The molecule has 0 saturated heterocycles. The Labute approximate surface area is 124 Å². The summed E-state index contributed by atoms with van der Waals surface area (Å²) in [7, 11) is 1.34. The molecule has 2 rings (SSSR count). The zero-order valence-electron chi connectivity index (χ0n) is 12.5. The van der Waals surface area contributed by atoms with Crippen LogP contribution in [0.4, 0.5) is 5.82 Å². The van der Waals surface area contributed by atoms with Gasteiger partial charge in [-0.25, -0.2) is 9.78 Å². The Balaban J connectivity index is 2.08. The molecule has 0 radical (unpaired) electrons. The van der Waals surface area contributed by atoms with Crippen LogP contribution in [-0.2, 0) is 24.1 Å². The highest BCUT2D eigenvalue weighted by Crippen LogP contribution is 2.17. The van der Waals surface area contributed by atoms with Gasteiger partial charge < -0.3 is 15.0 Å². The van der Waals surface area contributed by atoms with Gasteiger partial charge in [-0.1, -0.05) is 37.3 Å². The van der Waals surface area contributed by atoms with Crippen LogP contribution in [-0.4, -0.2) is 22.6 Å². The van der Waals surface area contributed by atoms with E-state index in [1.165, 1.54) is 12.7 Å². The fraction of sp³-hybridized carbons (Fsp3) is 0.375. The Morgan fingerprint density at radius 2 is 2.05 bits per heavy atom. The van der Waals surface area contributed by atoms with Crippen LogP contribution in [0.15, 0.2) is 30.3 Å². The summed E-state index contributed by atoms with van der Waals surface area (Å²) in [5.74, 6) is 0.733. The lowest BCUT2D eigenvalue weighted by Crippen LogP contribution is -2.10. The summed E-state index contributed by atoms with van der Waals surface area (Å²) in [5.41, 5.74) is 7.55. The fourth-order valence-electron chi connectivity index (χ4n) is 2.37. The number of esters is 1. The number of hydrogen-bond acceptors (Lipinski definition) is 4. The topological polar surface area (TPSA) is 70.1 Å². The first-order valence-corrected chi connectivity index (χ1v) is 7.14. The summed E-state index contributed by atoms with van der Waals surface area (Å²) >= 11 is 0. The predicted molar refractivity (Wildman–Crippen MR) is 82.1 cm³/mol. The first-order chi connectivity index (χ1) is 10.2. The molecular formula is C16H21N3O2. The van der Waals surface area contributed by atoms with Gasteiger partial charge in [-0.05, 0) is 18.4 Å². The molecule has 0 unspecified atom stereocenters. The second-order valence-corrected chi connectivity index (χ2v) is 4.85. The summed E-state index contributed by atoms with van der Waals surface area (Å²) < 4.78 is 6.62. The van der Waals surface area contributed by atoms with E-state index in [9.17, 15) is 4.79 Å². The molecule has 0 fully saturated rings. The average Bonchev–Trinajstić information content (AvgIpc) is 2.84. The number of aromatic nitrogens is 2. The highest BCUT2D eigenvalue weighted by molar-refractivity contribution is 5.92. The summed E-state index contributed by atoms with van der Waals surface area (Å²) in [5, 5.41) is 0. The predicted octanol–water partition coefficient (Wildman–Crippen LogP) is 2.45. The number of aryl methyl sites for hydroxylation is 2. The average molecular weight is 287 g/mol. The van der Waals surface area contributed by atoms with Gasteiger partial charge >= 0.3 is 5.97 Å². The normalized spacial score (nSPS) is 10.6. The van der Waals surface area contributed by atoms with Gasteiger partial charge in [-0.3, -0.25) is 0 Å². The van der Waals surface area contributed by atoms with Gasteiger partial charge in [0.25, 0.3) is 0 Å². The molecule has 0 bridgehead atoms. The minimum absolute atomic E-state index is 0.217. The van der Waals surface area contributed by atoms with Crippen LogP contribution in [0.5, 0.6) is 0 Å². The zero-order valence-corrected chi connectivity index (χ0v) is 12.5. The molecule has 2 aromatic rings. The molecular weight excluding hydrogens is 266 g/mol. The lowest BCUT2D eigenvalue weighted by Gasteiger charge is -2.08. The number of anilines is 1. The Kier molecular flexibility index (Phi) is 4.98. The van der Waals surface area contributed by atoms with Crippen molar-refractivity contribution in [2.75, 3.05) is 12.8 Å². The molecule has 0 saturated carbocycles. The first-order valence-electron chi connectivity index (χ1n) is 7.14. The fourth-order valence-corrected chi connectivity index (χ4v) is 2.37. The number of nitrogen functional groups attached to an aromatic ring is 1. The molecule has 1 heterocycles. The molecule has 0 aliphatic carbocycles. The molecule has 0 aliphatic rings. The van der Waals surface area contributed by atoms with E-state index in [4.69, 9.17) is 10.5 Å². The summed E-state index contributed by atoms with van der Waals surface area (Å²) in [6.45, 7) is 2.74. The summed E-state index contributed by atoms with van der Waals surface area (Å²) in [4.78, 5) is 15.9. The van der Waals surface area contributed by atoms with E-state index in [0.29, 0.717) is 5.82 Å². The maximum atomic E-state index is 11.6. The van der Waals surface area contributed by atoms with Crippen molar-refractivity contribution in [3.8, 4) is 0 Å². The summed E-state index contributed by atoms with van der Waals surface area (Å²) in [6, 6.07) is 10.3. The minimum atomic E-state index is -0.482. The van der Waals surface area contributed by atoms with Gasteiger partial charge in [0.15, 0.2) is 5.69 Å². The molecule has 5 nitrogen and oxygen atoms in total. The Bertz CT molecular complexity index is 605. The Hall–Kier alpha value is -2.30. The standard InChI is InChI=1S/C16H21N3O2/c1-3-13-18-14(16(20)21-2)15(17)19(13)11-7-10-12-8-5-4-6-9-12/h4-6,8-9H,3,7,10-11,17H2,1-2H3. The second kappa shape index (κ2) is 6.92. The number of benzene rings is 1. The molecule has 1 aromatic heterocycles. The number of rotatable bonds is 6. The maximum absolute atomic E-state index is 11.6. The molecule has 21 heavy (non-hydrogen) atoms. The van der Waals surface area contributed by atoms with E-state index < -0.39 is 5.97 Å². The van der Waals surface area contributed by atoms with E-state index >= 15 is 0 Å². The number of imidazole rings is 1. The minimum Gasteiger partial charge on any atom is -0.464 e. The van der Waals surface area contributed by atoms with Crippen molar-refractivity contribution < 1.29 is 9.53 Å². The van der Waals surface area contributed by atoms with Gasteiger partial charge in [-0.2, -0.15) is 0 Å². The van der Waals surface area contributed by atoms with Gasteiger partial charge in [0.1, 0.15) is 11.6 Å². The molecule has 0 atom stereocenters. The quantitative estimate of drug-likeness (QED) is 0.828. The monoisotopic (exact) mass is 287 g/mol. The third-order valence-corrected chi connectivity index (χ3v) is 3.47. The van der Waals surface area contributed by atoms with Crippen LogP contribution in [0.1, 0.15) is 35.2 Å². The van der Waals surface area contributed by atoms with Crippen molar-refractivity contribution in [3.63, 3.8) is 0 Å². The molecule has 0 spiro atoms. The van der Waals surface area contributed by atoms with Crippen LogP contribution in [0.2, 0.25) is 0 Å². The van der Waals surface area contributed by atoms with Crippen molar-refractivity contribution in [1.82, 2.24) is 9.55 Å². The number of hydrogen-bond donors (Lipinski definition) is 1. The number of carbonyl (C=O) groups is 1. The van der Waals surface area contributed by atoms with Crippen molar-refractivity contribution in [1.29, 1.82) is 0 Å². The summed E-state index contributed by atoms with van der Waals surface area (Å²) in [6.07, 6.45) is 2.64. The van der Waals surface area contributed by atoms with Gasteiger partial charge in [0.2, 0.25) is 0 Å². The molecule has 1 aromatic carbocycles. The molecule has 112 valence electrons. The van der Waals surface area contributed by atoms with Crippen molar-refractivity contribution in [2.24, 2.45) is 0 Å². The van der Waals surface area contributed by atoms with Crippen molar-refractivity contribution in [2.45, 2.75) is 32.7 Å². The van der Waals surface area contributed by atoms with Crippen molar-refractivity contribution in [3.05, 3.63) is 47.4 Å². The maximum Gasteiger partial charge on any atom is 0.360 e. The van der Waals surface area contributed by atoms with Gasteiger partial charge in [-0.15, -0.1) is 0 Å². The number of ether oxygens (including phenoxy) is 1.